The van der Waals surface area contributed by atoms with Crippen LogP contribution in [0.2, 0.25) is 5.02 Å². The lowest BCUT2D eigenvalue weighted by molar-refractivity contribution is -0.116. The number of nitrogens with one attached hydrogen (secondary N) is 1. The zero-order chi connectivity index (χ0) is 17.3. The van der Waals surface area contributed by atoms with Crippen molar-refractivity contribution >= 4 is 39.1 Å². The first kappa shape index (κ1) is 17.2. The molecule has 9 heteroatoms. The highest BCUT2D eigenvalue weighted by Gasteiger charge is 2.36. The summed E-state index contributed by atoms with van der Waals surface area (Å²) in [6, 6.07) is 4.16. The van der Waals surface area contributed by atoms with E-state index in [1.54, 1.807) is 0 Å². The SMILES string of the molecule is O=C(NCC1CCCO1)c1cc(N2C(=O)CCS2(=O)=O)ccc1Cl. The fraction of sp³-hybridized carbons (Fsp3) is 0.467. The number of rotatable bonds is 4. The Hall–Kier alpha value is -1.64. The maximum absolute atomic E-state index is 12.3. The van der Waals surface area contributed by atoms with Crippen LogP contribution >= 0.6 is 11.6 Å². The monoisotopic (exact) mass is 372 g/mol. The molecule has 2 aliphatic rings. The van der Waals surface area contributed by atoms with Crippen LogP contribution in [-0.2, 0) is 19.6 Å². The molecule has 1 aromatic rings. The molecule has 24 heavy (non-hydrogen) atoms. The number of hydrogen-bond acceptors (Lipinski definition) is 5. The van der Waals surface area contributed by atoms with Gasteiger partial charge < -0.3 is 10.1 Å². The minimum Gasteiger partial charge on any atom is -0.376 e. The van der Waals surface area contributed by atoms with E-state index >= 15 is 0 Å². The molecule has 1 atom stereocenters. The van der Waals surface area contributed by atoms with Gasteiger partial charge in [-0.25, -0.2) is 12.7 Å². The van der Waals surface area contributed by atoms with E-state index in [-0.39, 0.29) is 34.6 Å². The van der Waals surface area contributed by atoms with Crippen LogP contribution in [0.15, 0.2) is 18.2 Å². The Kier molecular flexibility index (Phi) is 4.80. The molecule has 0 aliphatic carbocycles. The topological polar surface area (TPSA) is 92.8 Å². The highest BCUT2D eigenvalue weighted by molar-refractivity contribution is 7.94. The van der Waals surface area contributed by atoms with Gasteiger partial charge in [0.15, 0.2) is 0 Å². The molecule has 2 amide bonds. The van der Waals surface area contributed by atoms with Crippen molar-refractivity contribution in [1.82, 2.24) is 5.32 Å². The predicted octanol–water partition coefficient (Wildman–Crippen LogP) is 1.32. The lowest BCUT2D eigenvalue weighted by Gasteiger charge is -2.17. The van der Waals surface area contributed by atoms with Crippen LogP contribution in [0.5, 0.6) is 0 Å². The van der Waals surface area contributed by atoms with Crippen LogP contribution in [-0.4, -0.2) is 45.2 Å². The van der Waals surface area contributed by atoms with Gasteiger partial charge in [0.05, 0.1) is 28.1 Å². The van der Waals surface area contributed by atoms with Gasteiger partial charge in [-0.3, -0.25) is 9.59 Å². The Morgan fingerprint density at radius 2 is 2.21 bits per heavy atom. The number of anilines is 1. The lowest BCUT2D eigenvalue weighted by atomic mass is 10.1. The van der Waals surface area contributed by atoms with Crippen LogP contribution in [0.25, 0.3) is 0 Å². The summed E-state index contributed by atoms with van der Waals surface area (Å²) in [7, 11) is -3.68. The number of halogens is 1. The van der Waals surface area contributed by atoms with Crippen molar-refractivity contribution in [2.24, 2.45) is 0 Å². The van der Waals surface area contributed by atoms with E-state index < -0.39 is 21.8 Å². The van der Waals surface area contributed by atoms with Crippen LogP contribution in [0.4, 0.5) is 5.69 Å². The lowest BCUT2D eigenvalue weighted by Crippen LogP contribution is -2.33. The Balaban J connectivity index is 1.81. The molecule has 0 bridgehead atoms. The molecule has 0 aromatic heterocycles. The molecule has 1 unspecified atom stereocenters. The van der Waals surface area contributed by atoms with Gasteiger partial charge in [0, 0.05) is 19.6 Å². The molecule has 0 spiro atoms. The second-order valence-electron chi connectivity index (χ2n) is 5.73. The van der Waals surface area contributed by atoms with Gasteiger partial charge in [-0.1, -0.05) is 11.6 Å². The summed E-state index contributed by atoms with van der Waals surface area (Å²) in [5.41, 5.74) is 0.256. The molecule has 1 aromatic carbocycles. The number of carbonyl (C=O) groups excluding carboxylic acids is 2. The van der Waals surface area contributed by atoms with Crippen molar-refractivity contribution in [3.63, 3.8) is 0 Å². The van der Waals surface area contributed by atoms with Crippen molar-refractivity contribution in [1.29, 1.82) is 0 Å². The number of nitrogens with zero attached hydrogens (tertiary/aromatic N) is 1. The maximum Gasteiger partial charge on any atom is 0.252 e. The molecule has 2 heterocycles. The standard InChI is InChI=1S/C15H17ClN2O5S/c16-13-4-3-10(18-14(19)5-7-24(18,21)22)8-12(13)15(20)17-9-11-2-1-6-23-11/h3-4,8,11H,1-2,5-7,9H2,(H,17,20). The number of ether oxygens (including phenoxy) is 1. The van der Waals surface area contributed by atoms with Crippen molar-refractivity contribution in [3.8, 4) is 0 Å². The molecule has 0 saturated carbocycles. The largest absolute Gasteiger partial charge is 0.376 e. The van der Waals surface area contributed by atoms with E-state index in [1.807, 2.05) is 0 Å². The smallest absolute Gasteiger partial charge is 0.252 e. The molecule has 2 saturated heterocycles. The molecule has 1 N–H and O–H groups in total. The highest BCUT2D eigenvalue weighted by Crippen LogP contribution is 2.29. The molecular weight excluding hydrogens is 356 g/mol. The van der Waals surface area contributed by atoms with E-state index in [0.29, 0.717) is 13.2 Å². The maximum atomic E-state index is 12.3. The number of benzene rings is 1. The number of sulfonamides is 1. The minimum absolute atomic E-state index is 0.0172. The third-order valence-corrected chi connectivity index (χ3v) is 6.04. The quantitative estimate of drug-likeness (QED) is 0.860. The van der Waals surface area contributed by atoms with E-state index in [2.05, 4.69) is 5.32 Å². The average molecular weight is 373 g/mol. The van der Waals surface area contributed by atoms with Crippen LogP contribution < -0.4 is 9.62 Å². The first-order valence-electron chi connectivity index (χ1n) is 7.64. The van der Waals surface area contributed by atoms with Gasteiger partial charge >= 0.3 is 0 Å². The van der Waals surface area contributed by atoms with E-state index in [1.165, 1.54) is 18.2 Å². The van der Waals surface area contributed by atoms with Crippen LogP contribution in [0.1, 0.15) is 29.6 Å². The summed E-state index contributed by atoms with van der Waals surface area (Å²) in [4.78, 5) is 24.2. The third-order valence-electron chi connectivity index (χ3n) is 4.02. The Morgan fingerprint density at radius 1 is 1.42 bits per heavy atom. The zero-order valence-corrected chi connectivity index (χ0v) is 14.4. The average Bonchev–Trinajstić information content (AvgIpc) is 3.14. The van der Waals surface area contributed by atoms with Crippen molar-refractivity contribution in [3.05, 3.63) is 28.8 Å². The van der Waals surface area contributed by atoms with E-state index in [0.717, 1.165) is 17.1 Å². The number of carbonyl (C=O) groups is 2. The number of amides is 2. The zero-order valence-electron chi connectivity index (χ0n) is 12.8. The van der Waals surface area contributed by atoms with Gasteiger partial charge in [-0.15, -0.1) is 0 Å². The normalized spacial score (nSPS) is 22.8. The third kappa shape index (κ3) is 3.40. The second-order valence-corrected chi connectivity index (χ2v) is 8.08. The van der Waals surface area contributed by atoms with E-state index in [9.17, 15) is 18.0 Å². The summed E-state index contributed by atoms with van der Waals surface area (Å²) < 4.78 is 30.2. The second kappa shape index (κ2) is 6.70. The molecular formula is C15H17ClN2O5S. The van der Waals surface area contributed by atoms with Crippen molar-refractivity contribution in [2.45, 2.75) is 25.4 Å². The van der Waals surface area contributed by atoms with Crippen molar-refractivity contribution in [2.75, 3.05) is 23.2 Å². The first-order valence-corrected chi connectivity index (χ1v) is 9.62. The van der Waals surface area contributed by atoms with Gasteiger partial charge in [-0.2, -0.15) is 0 Å². The molecule has 2 aliphatic heterocycles. The van der Waals surface area contributed by atoms with Gasteiger partial charge in [0.25, 0.3) is 5.91 Å². The van der Waals surface area contributed by atoms with Crippen LogP contribution in [0, 0.1) is 0 Å². The summed E-state index contributed by atoms with van der Waals surface area (Å²) in [6.07, 6.45) is 1.77. The summed E-state index contributed by atoms with van der Waals surface area (Å²) in [6.45, 7) is 1.05. The van der Waals surface area contributed by atoms with E-state index in [4.69, 9.17) is 16.3 Å². The summed E-state index contributed by atoms with van der Waals surface area (Å²) in [5, 5.41) is 2.92. The molecule has 0 radical (unpaired) electrons. The predicted molar refractivity (Wildman–Crippen MR) is 88.6 cm³/mol. The van der Waals surface area contributed by atoms with Gasteiger partial charge in [-0.05, 0) is 31.0 Å². The molecule has 2 fully saturated rings. The fourth-order valence-corrected chi connectivity index (χ4v) is 4.44. The molecule has 130 valence electrons. The molecule has 3 rings (SSSR count). The van der Waals surface area contributed by atoms with Crippen molar-refractivity contribution < 1.29 is 22.7 Å². The highest BCUT2D eigenvalue weighted by atomic mass is 35.5. The Bertz CT molecular complexity index is 774. The minimum atomic E-state index is -3.68. The summed E-state index contributed by atoms with van der Waals surface area (Å²) in [5.74, 6) is -1.17. The fourth-order valence-electron chi connectivity index (χ4n) is 2.79. The Morgan fingerprint density at radius 3 is 2.83 bits per heavy atom. The molecule has 7 nitrogen and oxygen atoms in total. The first-order chi connectivity index (χ1) is 11.4. The van der Waals surface area contributed by atoms with Gasteiger partial charge in [0.1, 0.15) is 0 Å². The van der Waals surface area contributed by atoms with Crippen LogP contribution in [0.3, 0.4) is 0 Å². The van der Waals surface area contributed by atoms with Gasteiger partial charge in [0.2, 0.25) is 15.9 Å². The Labute approximate surface area is 145 Å². The summed E-state index contributed by atoms with van der Waals surface area (Å²) >= 11 is 6.06. The number of hydrogen-bond donors (Lipinski definition) is 1.